The van der Waals surface area contributed by atoms with Crippen LogP contribution in [0.25, 0.3) is 5.70 Å². The lowest BCUT2D eigenvalue weighted by Crippen LogP contribution is -2.39. The summed E-state index contributed by atoms with van der Waals surface area (Å²) >= 11 is 0. The molecule has 1 fully saturated rings. The minimum atomic E-state index is -0.487. The Hall–Kier alpha value is -2.70. The number of aromatic nitrogens is 2. The van der Waals surface area contributed by atoms with E-state index in [2.05, 4.69) is 16.6 Å². The molecule has 1 aliphatic heterocycles. The summed E-state index contributed by atoms with van der Waals surface area (Å²) in [5, 5.41) is 0. The van der Waals surface area contributed by atoms with Gasteiger partial charge in [-0.05, 0) is 66.2 Å². The van der Waals surface area contributed by atoms with Crippen LogP contribution in [0.2, 0.25) is 0 Å². The Bertz CT molecular complexity index is 854. The predicted octanol–water partition coefficient (Wildman–Crippen LogP) is 4.03. The van der Waals surface area contributed by atoms with Gasteiger partial charge < -0.3 is 14.5 Å². The standard InChI is InChI=1S/C23H33N5O2/c1-6-7-11-19(24-5)20-25-18-12-8-10-17(18)21(26-20)27-13-9-14-28(16-15-27)22(29)30-23(2,3)4/h6-7,11H,5,8-10,12-16H2,1-4H3/b7-6-,19-11-. The number of hydrogen-bond acceptors (Lipinski definition) is 6. The van der Waals surface area contributed by atoms with Crippen LogP contribution in [-0.2, 0) is 17.6 Å². The second kappa shape index (κ2) is 9.41. The van der Waals surface area contributed by atoms with Gasteiger partial charge in [0.05, 0.1) is 0 Å². The van der Waals surface area contributed by atoms with Gasteiger partial charge in [-0.15, -0.1) is 0 Å². The molecule has 0 radical (unpaired) electrons. The van der Waals surface area contributed by atoms with Gasteiger partial charge in [-0.3, -0.25) is 4.99 Å². The molecular formula is C23H33N5O2. The van der Waals surface area contributed by atoms with Gasteiger partial charge in [-0.25, -0.2) is 14.8 Å². The van der Waals surface area contributed by atoms with Gasteiger partial charge in [0.2, 0.25) is 0 Å². The zero-order valence-electron chi connectivity index (χ0n) is 18.6. The summed E-state index contributed by atoms with van der Waals surface area (Å²) in [7, 11) is 0. The topological polar surface area (TPSA) is 70.9 Å². The Balaban J connectivity index is 1.85. The number of nitrogens with zero attached hydrogens (tertiary/aromatic N) is 5. The van der Waals surface area contributed by atoms with Crippen molar-refractivity contribution < 1.29 is 9.53 Å². The van der Waals surface area contributed by atoms with Crippen molar-refractivity contribution in [2.75, 3.05) is 31.1 Å². The second-order valence-electron chi connectivity index (χ2n) is 8.69. The molecule has 162 valence electrons. The summed E-state index contributed by atoms with van der Waals surface area (Å²) < 4.78 is 5.56. The van der Waals surface area contributed by atoms with E-state index in [0.717, 1.165) is 50.3 Å². The first-order chi connectivity index (χ1) is 14.3. The Morgan fingerprint density at radius 2 is 1.93 bits per heavy atom. The summed E-state index contributed by atoms with van der Waals surface area (Å²) in [4.78, 5) is 30.4. The lowest BCUT2D eigenvalue weighted by molar-refractivity contribution is 0.0263. The van der Waals surface area contributed by atoms with Crippen molar-refractivity contribution in [2.24, 2.45) is 4.99 Å². The van der Waals surface area contributed by atoms with Crippen LogP contribution in [0.3, 0.4) is 0 Å². The fourth-order valence-electron chi connectivity index (χ4n) is 3.81. The van der Waals surface area contributed by atoms with Crippen molar-refractivity contribution in [1.82, 2.24) is 14.9 Å². The Morgan fingerprint density at radius 1 is 1.13 bits per heavy atom. The molecule has 0 aromatic carbocycles. The first-order valence-corrected chi connectivity index (χ1v) is 10.7. The first-order valence-electron chi connectivity index (χ1n) is 10.7. The second-order valence-corrected chi connectivity index (χ2v) is 8.69. The van der Waals surface area contributed by atoms with Crippen molar-refractivity contribution in [3.8, 4) is 0 Å². The summed E-state index contributed by atoms with van der Waals surface area (Å²) in [6, 6.07) is 0. The van der Waals surface area contributed by atoms with Crippen LogP contribution in [0.15, 0.2) is 23.2 Å². The molecule has 2 aliphatic rings. The maximum absolute atomic E-state index is 12.5. The number of amides is 1. The number of carbonyl (C=O) groups excluding carboxylic acids is 1. The van der Waals surface area contributed by atoms with E-state index >= 15 is 0 Å². The van der Waals surface area contributed by atoms with Crippen molar-refractivity contribution in [3.63, 3.8) is 0 Å². The van der Waals surface area contributed by atoms with E-state index in [4.69, 9.17) is 14.7 Å². The average Bonchev–Trinajstić information content (AvgIpc) is 3.02. The van der Waals surface area contributed by atoms with Gasteiger partial charge in [-0.1, -0.05) is 12.2 Å². The molecule has 3 rings (SSSR count). The largest absolute Gasteiger partial charge is 0.444 e. The first kappa shape index (κ1) is 22.0. The molecular weight excluding hydrogens is 378 g/mol. The molecule has 1 amide bonds. The number of allylic oxidation sites excluding steroid dienone is 3. The Kier molecular flexibility index (Phi) is 6.90. The van der Waals surface area contributed by atoms with E-state index in [9.17, 15) is 4.79 Å². The number of anilines is 1. The fraction of sp³-hybridized carbons (Fsp3) is 0.565. The Labute approximate surface area is 179 Å². The molecule has 1 aliphatic carbocycles. The minimum absolute atomic E-state index is 0.245. The molecule has 1 aromatic heterocycles. The highest BCUT2D eigenvalue weighted by atomic mass is 16.6. The molecule has 1 saturated heterocycles. The lowest BCUT2D eigenvalue weighted by Gasteiger charge is -2.27. The normalized spacial score (nSPS) is 17.8. The van der Waals surface area contributed by atoms with Gasteiger partial charge in [0.1, 0.15) is 17.1 Å². The van der Waals surface area contributed by atoms with E-state index in [1.165, 1.54) is 5.56 Å². The molecule has 0 saturated carbocycles. The third kappa shape index (κ3) is 5.26. The summed E-state index contributed by atoms with van der Waals surface area (Å²) in [5.41, 5.74) is 2.53. The third-order valence-corrected chi connectivity index (χ3v) is 5.20. The summed E-state index contributed by atoms with van der Waals surface area (Å²) in [5.74, 6) is 1.60. The summed E-state index contributed by atoms with van der Waals surface area (Å²) in [6.45, 7) is 14.2. The number of rotatable bonds is 4. The highest BCUT2D eigenvalue weighted by Gasteiger charge is 2.28. The van der Waals surface area contributed by atoms with Crippen LogP contribution in [0, 0.1) is 0 Å². The van der Waals surface area contributed by atoms with Gasteiger partial charge >= 0.3 is 6.09 Å². The molecule has 30 heavy (non-hydrogen) atoms. The van der Waals surface area contributed by atoms with Crippen LogP contribution in [0.4, 0.5) is 10.6 Å². The van der Waals surface area contributed by atoms with Gasteiger partial charge in [0.15, 0.2) is 5.82 Å². The summed E-state index contributed by atoms with van der Waals surface area (Å²) in [6.07, 6.45) is 9.42. The van der Waals surface area contributed by atoms with Crippen molar-refractivity contribution in [1.29, 1.82) is 0 Å². The van der Waals surface area contributed by atoms with Crippen LogP contribution >= 0.6 is 0 Å². The van der Waals surface area contributed by atoms with Crippen LogP contribution in [-0.4, -0.2) is 59.5 Å². The smallest absolute Gasteiger partial charge is 0.410 e. The molecule has 0 spiro atoms. The maximum Gasteiger partial charge on any atom is 0.410 e. The average molecular weight is 412 g/mol. The van der Waals surface area contributed by atoms with Crippen LogP contribution < -0.4 is 4.90 Å². The predicted molar refractivity (Wildman–Crippen MR) is 121 cm³/mol. The molecule has 2 heterocycles. The minimum Gasteiger partial charge on any atom is -0.444 e. The number of hydrogen-bond donors (Lipinski definition) is 0. The zero-order chi connectivity index (χ0) is 21.7. The molecule has 0 bridgehead atoms. The van der Waals surface area contributed by atoms with E-state index in [1.54, 1.807) is 4.90 Å². The van der Waals surface area contributed by atoms with Gasteiger partial charge in [0.25, 0.3) is 0 Å². The maximum atomic E-state index is 12.5. The number of aliphatic imine (C=N–C) groups is 1. The number of ether oxygens (including phenoxy) is 1. The van der Waals surface area contributed by atoms with Crippen LogP contribution in [0.5, 0.6) is 0 Å². The molecule has 1 aromatic rings. The number of fused-ring (bicyclic) bond motifs is 1. The quantitative estimate of drug-likeness (QED) is 0.553. The van der Waals surface area contributed by atoms with Crippen molar-refractivity contribution in [3.05, 3.63) is 35.3 Å². The van der Waals surface area contributed by atoms with E-state index in [1.807, 2.05) is 45.9 Å². The fourth-order valence-corrected chi connectivity index (χ4v) is 3.81. The molecule has 0 N–H and O–H groups in total. The van der Waals surface area contributed by atoms with Crippen molar-refractivity contribution in [2.45, 2.75) is 59.0 Å². The Morgan fingerprint density at radius 3 is 2.63 bits per heavy atom. The molecule has 7 heteroatoms. The highest BCUT2D eigenvalue weighted by molar-refractivity contribution is 5.69. The molecule has 7 nitrogen and oxygen atoms in total. The SMILES string of the molecule is C=N/C(=C\C=C/C)c1nc2c(c(N3CCCN(C(=O)OC(C)(C)C)CC3)n1)CCC2. The monoisotopic (exact) mass is 411 g/mol. The molecule has 0 atom stereocenters. The van der Waals surface area contributed by atoms with Crippen molar-refractivity contribution >= 4 is 24.3 Å². The van der Waals surface area contributed by atoms with Gasteiger partial charge in [0, 0.05) is 37.4 Å². The lowest BCUT2D eigenvalue weighted by atomic mass is 10.2. The highest BCUT2D eigenvalue weighted by Crippen LogP contribution is 2.31. The number of carbonyl (C=O) groups is 1. The number of aryl methyl sites for hydroxylation is 1. The van der Waals surface area contributed by atoms with E-state index in [-0.39, 0.29) is 6.09 Å². The van der Waals surface area contributed by atoms with Crippen LogP contribution in [0.1, 0.15) is 57.6 Å². The van der Waals surface area contributed by atoms with Gasteiger partial charge in [-0.2, -0.15) is 0 Å². The van der Waals surface area contributed by atoms with E-state index in [0.29, 0.717) is 24.6 Å². The zero-order valence-corrected chi connectivity index (χ0v) is 18.6. The third-order valence-electron chi connectivity index (χ3n) is 5.20. The molecule has 0 unspecified atom stereocenters. The van der Waals surface area contributed by atoms with E-state index < -0.39 is 5.60 Å².